The first-order chi connectivity index (χ1) is 7.48. The van der Waals surface area contributed by atoms with Gasteiger partial charge in [-0.3, -0.25) is 4.79 Å². The minimum absolute atomic E-state index is 0.0654. The number of hydrogen-bond donors (Lipinski definition) is 1. The van der Waals surface area contributed by atoms with Crippen molar-refractivity contribution in [3.8, 4) is 0 Å². The minimum atomic E-state index is -0.282. The van der Waals surface area contributed by atoms with Gasteiger partial charge in [0.25, 0.3) is 5.91 Å². The molecule has 0 spiro atoms. The zero-order chi connectivity index (χ0) is 11.8. The quantitative estimate of drug-likeness (QED) is 0.795. The van der Waals surface area contributed by atoms with Crippen molar-refractivity contribution in [2.24, 2.45) is 0 Å². The number of hydrogen-bond acceptors (Lipinski definition) is 5. The first-order valence-corrected chi connectivity index (χ1v) is 6.00. The Morgan fingerprint density at radius 2 is 2.44 bits per heavy atom. The van der Waals surface area contributed by atoms with E-state index in [4.69, 9.17) is 10.5 Å². The molecule has 0 saturated carbocycles. The number of amides is 1. The van der Waals surface area contributed by atoms with Crippen molar-refractivity contribution < 1.29 is 9.53 Å². The first kappa shape index (κ1) is 11.3. The fraction of sp³-hybridized carbons (Fsp3) is 0.600. The number of rotatable bonds is 1. The number of morpholine rings is 1. The lowest BCUT2D eigenvalue weighted by Gasteiger charge is -2.37. The molecule has 5 nitrogen and oxygen atoms in total. The summed E-state index contributed by atoms with van der Waals surface area (Å²) in [6.07, 6.45) is 0. The molecule has 1 fully saturated rings. The van der Waals surface area contributed by atoms with Gasteiger partial charge in [0.15, 0.2) is 5.13 Å². The van der Waals surface area contributed by atoms with E-state index in [1.807, 2.05) is 13.8 Å². The largest absolute Gasteiger partial charge is 0.375 e. The Bertz CT molecular complexity index is 403. The molecule has 1 saturated heterocycles. The zero-order valence-electron chi connectivity index (χ0n) is 9.40. The Morgan fingerprint density at radius 3 is 3.00 bits per heavy atom. The lowest BCUT2D eigenvalue weighted by molar-refractivity contribution is -0.0764. The number of nitrogens with zero attached hydrogens (tertiary/aromatic N) is 2. The molecule has 1 aliphatic rings. The van der Waals surface area contributed by atoms with Crippen LogP contribution in [0.5, 0.6) is 0 Å². The van der Waals surface area contributed by atoms with Crippen molar-refractivity contribution in [2.75, 3.05) is 25.4 Å². The van der Waals surface area contributed by atoms with Crippen LogP contribution in [0.3, 0.4) is 0 Å². The van der Waals surface area contributed by atoms with Crippen molar-refractivity contribution in [1.82, 2.24) is 9.88 Å². The van der Waals surface area contributed by atoms with Gasteiger partial charge in [-0.05, 0) is 13.8 Å². The SMILES string of the molecule is CC1(C)CN(C(=O)c2csc(N)n2)CCO1. The summed E-state index contributed by atoms with van der Waals surface area (Å²) in [4.78, 5) is 17.8. The van der Waals surface area contributed by atoms with E-state index in [0.717, 1.165) is 0 Å². The number of nitrogen functional groups attached to an aromatic ring is 1. The van der Waals surface area contributed by atoms with Gasteiger partial charge in [0, 0.05) is 18.5 Å². The maximum absolute atomic E-state index is 12.1. The van der Waals surface area contributed by atoms with Crippen molar-refractivity contribution in [3.05, 3.63) is 11.1 Å². The molecule has 6 heteroatoms. The van der Waals surface area contributed by atoms with Crippen LogP contribution in [-0.4, -0.2) is 41.1 Å². The van der Waals surface area contributed by atoms with Crippen molar-refractivity contribution >= 4 is 22.4 Å². The predicted molar refractivity (Wildman–Crippen MR) is 62.5 cm³/mol. The molecule has 0 radical (unpaired) electrons. The van der Waals surface area contributed by atoms with E-state index in [1.54, 1.807) is 10.3 Å². The second kappa shape index (κ2) is 4.03. The highest BCUT2D eigenvalue weighted by Gasteiger charge is 2.31. The molecule has 0 aromatic carbocycles. The highest BCUT2D eigenvalue weighted by molar-refractivity contribution is 7.13. The van der Waals surface area contributed by atoms with Gasteiger partial charge >= 0.3 is 0 Å². The van der Waals surface area contributed by atoms with Crippen molar-refractivity contribution in [1.29, 1.82) is 0 Å². The summed E-state index contributed by atoms with van der Waals surface area (Å²) < 4.78 is 5.55. The van der Waals surface area contributed by atoms with E-state index in [-0.39, 0.29) is 11.5 Å². The smallest absolute Gasteiger partial charge is 0.273 e. The molecule has 1 amide bonds. The van der Waals surface area contributed by atoms with Gasteiger partial charge in [-0.2, -0.15) is 0 Å². The first-order valence-electron chi connectivity index (χ1n) is 5.12. The van der Waals surface area contributed by atoms with Crippen LogP contribution in [0.15, 0.2) is 5.38 Å². The second-order valence-electron chi connectivity index (χ2n) is 4.41. The molecule has 1 aromatic rings. The average Bonchev–Trinajstić information content (AvgIpc) is 2.62. The number of anilines is 1. The maximum Gasteiger partial charge on any atom is 0.273 e. The average molecular weight is 241 g/mol. The van der Waals surface area contributed by atoms with E-state index >= 15 is 0 Å². The summed E-state index contributed by atoms with van der Waals surface area (Å²) in [6.45, 7) is 5.71. The normalized spacial score (nSPS) is 19.8. The maximum atomic E-state index is 12.1. The molecule has 2 N–H and O–H groups in total. The molecule has 0 aliphatic carbocycles. The molecule has 1 aromatic heterocycles. The summed E-state index contributed by atoms with van der Waals surface area (Å²) in [7, 11) is 0. The summed E-state index contributed by atoms with van der Waals surface area (Å²) in [5.41, 5.74) is 5.66. The number of carbonyl (C=O) groups excluding carboxylic acids is 1. The minimum Gasteiger partial charge on any atom is -0.375 e. The topological polar surface area (TPSA) is 68.5 Å². The Balaban J connectivity index is 2.10. The number of thiazole rings is 1. The second-order valence-corrected chi connectivity index (χ2v) is 5.30. The van der Waals surface area contributed by atoms with E-state index in [9.17, 15) is 4.79 Å². The van der Waals surface area contributed by atoms with E-state index in [1.165, 1.54) is 11.3 Å². The van der Waals surface area contributed by atoms with Gasteiger partial charge in [0.1, 0.15) is 5.69 Å². The van der Waals surface area contributed by atoms with Crippen LogP contribution in [0.4, 0.5) is 5.13 Å². The lowest BCUT2D eigenvalue weighted by atomic mass is 10.1. The molecule has 0 unspecified atom stereocenters. The Hall–Kier alpha value is -1.14. The fourth-order valence-electron chi connectivity index (χ4n) is 1.74. The zero-order valence-corrected chi connectivity index (χ0v) is 10.2. The summed E-state index contributed by atoms with van der Waals surface area (Å²) >= 11 is 1.28. The van der Waals surface area contributed by atoms with Crippen molar-refractivity contribution in [2.45, 2.75) is 19.4 Å². The Kier molecular flexibility index (Phi) is 2.86. The Morgan fingerprint density at radius 1 is 1.69 bits per heavy atom. The van der Waals surface area contributed by atoms with Crippen LogP contribution >= 0.6 is 11.3 Å². The van der Waals surface area contributed by atoms with Gasteiger partial charge in [-0.15, -0.1) is 11.3 Å². The van der Waals surface area contributed by atoms with Crippen LogP contribution in [0.25, 0.3) is 0 Å². The lowest BCUT2D eigenvalue weighted by Crippen LogP contribution is -2.50. The van der Waals surface area contributed by atoms with Gasteiger partial charge < -0.3 is 15.4 Å². The third-order valence-electron chi connectivity index (χ3n) is 2.45. The number of ether oxygens (including phenoxy) is 1. The van der Waals surface area contributed by atoms with Crippen LogP contribution in [0.2, 0.25) is 0 Å². The van der Waals surface area contributed by atoms with Gasteiger partial charge in [-0.25, -0.2) is 4.98 Å². The molecule has 0 atom stereocenters. The summed E-state index contributed by atoms with van der Waals surface area (Å²) in [5.74, 6) is -0.0654. The number of nitrogens with two attached hydrogens (primary N) is 1. The Labute approximate surface area is 98.2 Å². The summed E-state index contributed by atoms with van der Waals surface area (Å²) in [6, 6.07) is 0. The molecule has 16 heavy (non-hydrogen) atoms. The molecule has 2 rings (SSSR count). The van der Waals surface area contributed by atoms with Crippen LogP contribution in [0, 0.1) is 0 Å². The number of aromatic nitrogens is 1. The van der Waals surface area contributed by atoms with Crippen LogP contribution < -0.4 is 5.73 Å². The van der Waals surface area contributed by atoms with E-state index in [0.29, 0.717) is 30.5 Å². The molecule has 88 valence electrons. The van der Waals surface area contributed by atoms with Crippen molar-refractivity contribution in [3.63, 3.8) is 0 Å². The van der Waals surface area contributed by atoms with Crippen LogP contribution in [0.1, 0.15) is 24.3 Å². The predicted octanol–water partition coefficient (Wildman–Crippen LogP) is 0.976. The van der Waals surface area contributed by atoms with Gasteiger partial charge in [-0.1, -0.05) is 0 Å². The van der Waals surface area contributed by atoms with Gasteiger partial charge in [0.05, 0.1) is 12.2 Å². The van der Waals surface area contributed by atoms with E-state index < -0.39 is 0 Å². The molecule has 2 heterocycles. The highest BCUT2D eigenvalue weighted by atomic mass is 32.1. The standard InChI is InChI=1S/C10H15N3O2S/c1-10(2)6-13(3-4-15-10)8(14)7-5-16-9(11)12-7/h5H,3-4,6H2,1-2H3,(H2,11,12). The van der Waals surface area contributed by atoms with Gasteiger partial charge in [0.2, 0.25) is 0 Å². The van der Waals surface area contributed by atoms with E-state index in [2.05, 4.69) is 4.98 Å². The molecular formula is C10H15N3O2S. The van der Waals surface area contributed by atoms with Crippen LogP contribution in [-0.2, 0) is 4.74 Å². The third-order valence-corrected chi connectivity index (χ3v) is 3.13. The fourth-order valence-corrected chi connectivity index (χ4v) is 2.27. The molecular weight excluding hydrogens is 226 g/mol. The highest BCUT2D eigenvalue weighted by Crippen LogP contribution is 2.19. The molecule has 0 bridgehead atoms. The number of carbonyl (C=O) groups is 1. The monoisotopic (exact) mass is 241 g/mol. The molecule has 1 aliphatic heterocycles. The summed E-state index contributed by atoms with van der Waals surface area (Å²) in [5, 5.41) is 2.12. The third kappa shape index (κ3) is 2.33.